The highest BCUT2D eigenvalue weighted by atomic mass is 35.5. The molecule has 2 aromatic heterocycles. The molecule has 2 saturated heterocycles. The maximum Gasteiger partial charge on any atom is 0.301 e. The van der Waals surface area contributed by atoms with Gasteiger partial charge < -0.3 is 33.8 Å². The van der Waals surface area contributed by atoms with E-state index in [1.807, 2.05) is 4.57 Å². The minimum atomic E-state index is -2.03. The van der Waals surface area contributed by atoms with E-state index in [1.165, 1.54) is 0 Å². The van der Waals surface area contributed by atoms with Gasteiger partial charge in [0.25, 0.3) is 0 Å². The van der Waals surface area contributed by atoms with Gasteiger partial charge in [-0.25, -0.2) is 9.37 Å². The maximum atomic E-state index is 14.9. The van der Waals surface area contributed by atoms with E-state index in [2.05, 4.69) is 58.8 Å². The van der Waals surface area contributed by atoms with Crippen molar-refractivity contribution in [3.63, 3.8) is 0 Å². The van der Waals surface area contributed by atoms with Crippen molar-refractivity contribution in [2.45, 2.75) is 115 Å². The molecule has 1 aromatic carbocycles. The van der Waals surface area contributed by atoms with Gasteiger partial charge in [-0.1, -0.05) is 52.0 Å². The Hall–Kier alpha value is -2.27. The highest BCUT2D eigenvalue weighted by molar-refractivity contribution is 6.76. The number of pyridine rings is 1. The van der Waals surface area contributed by atoms with Gasteiger partial charge in [-0.05, 0) is 54.7 Å². The largest absolute Gasteiger partial charge is 0.508 e. The molecule has 5 atom stereocenters. The average molecular weight is 707 g/mol. The van der Waals surface area contributed by atoms with Crippen molar-refractivity contribution in [3.05, 3.63) is 40.2 Å². The van der Waals surface area contributed by atoms with Gasteiger partial charge in [0, 0.05) is 26.3 Å². The van der Waals surface area contributed by atoms with Crippen molar-refractivity contribution in [1.82, 2.24) is 14.5 Å². The molecule has 4 heterocycles. The standard InChI is InChI=1S/C33H48ClFN4O6Si2/c1-33(2,3)47(7,8)45-26-17-43-28-25(16-42-29(26)28)44-32-37-24-15-21(34)30(38-31(24)39(32)18-41-11-12-46(4,5)6)36-23-10-9-19-13-20(40)14-22(35)27(19)23/h13-15,23,25-26,28-29,40H,9-12,16-18H2,1-8H3,(H,36,38)/t23?,25-,26-,28-,29-/m1/s1. The highest BCUT2D eigenvalue weighted by Gasteiger charge is 2.52. The lowest BCUT2D eigenvalue weighted by Crippen LogP contribution is -2.47. The summed E-state index contributed by atoms with van der Waals surface area (Å²) < 4.78 is 48.6. The summed E-state index contributed by atoms with van der Waals surface area (Å²) in [5, 5.41) is 13.6. The van der Waals surface area contributed by atoms with Gasteiger partial charge in [-0.15, -0.1) is 0 Å². The van der Waals surface area contributed by atoms with E-state index in [0.29, 0.717) is 66.2 Å². The van der Waals surface area contributed by atoms with Crippen molar-refractivity contribution in [1.29, 1.82) is 0 Å². The molecule has 10 nitrogen and oxygen atoms in total. The molecule has 3 aromatic rings. The number of anilines is 1. The van der Waals surface area contributed by atoms with Crippen LogP contribution in [-0.2, 0) is 31.8 Å². The molecule has 1 unspecified atom stereocenters. The number of benzene rings is 1. The SMILES string of the molecule is CC(C)(C)[Si](C)(C)O[C@@H]1CO[C@H]2[C@@H]1OC[C@H]2Oc1nc2cc(Cl)c(NC3CCc4cc(O)cc(F)c43)nc2n1COCC[Si](C)(C)C. The molecule has 47 heavy (non-hydrogen) atoms. The summed E-state index contributed by atoms with van der Waals surface area (Å²) in [6.07, 6.45) is 0.212. The average Bonchev–Trinajstić information content (AvgIpc) is 3.71. The maximum absolute atomic E-state index is 14.9. The molecular weight excluding hydrogens is 659 g/mol. The minimum Gasteiger partial charge on any atom is -0.508 e. The molecule has 1 aliphatic carbocycles. The van der Waals surface area contributed by atoms with Crippen LogP contribution in [0.2, 0.25) is 48.8 Å². The smallest absolute Gasteiger partial charge is 0.301 e. The number of aromatic nitrogens is 3. The quantitative estimate of drug-likeness (QED) is 0.157. The minimum absolute atomic E-state index is 0.0696. The summed E-state index contributed by atoms with van der Waals surface area (Å²) in [4.78, 5) is 9.67. The van der Waals surface area contributed by atoms with Crippen molar-refractivity contribution in [2.24, 2.45) is 0 Å². The van der Waals surface area contributed by atoms with Gasteiger partial charge in [0.05, 0.1) is 30.4 Å². The second kappa shape index (κ2) is 12.9. The number of aryl methyl sites for hydroxylation is 1. The van der Waals surface area contributed by atoms with E-state index in [4.69, 9.17) is 44.9 Å². The van der Waals surface area contributed by atoms with Crippen LogP contribution in [0.1, 0.15) is 44.4 Å². The fraction of sp³-hybridized carbons (Fsp3) is 0.636. The molecule has 0 bridgehead atoms. The number of aromatic hydroxyl groups is 1. The number of halogens is 2. The van der Waals surface area contributed by atoms with Crippen LogP contribution < -0.4 is 10.1 Å². The van der Waals surface area contributed by atoms with Crippen LogP contribution in [0, 0.1) is 5.82 Å². The van der Waals surface area contributed by atoms with E-state index in [9.17, 15) is 9.50 Å². The predicted octanol–water partition coefficient (Wildman–Crippen LogP) is 7.28. The number of phenolic OH excluding ortho intramolecular Hbond substituents is 1. The Kier molecular flexibility index (Phi) is 9.48. The Morgan fingerprint density at radius 3 is 2.47 bits per heavy atom. The molecule has 0 saturated carbocycles. The number of hydrogen-bond donors (Lipinski definition) is 2. The molecule has 0 radical (unpaired) electrons. The molecule has 258 valence electrons. The zero-order valence-electron chi connectivity index (χ0n) is 28.7. The fourth-order valence-electron chi connectivity index (χ4n) is 6.18. The third-order valence-electron chi connectivity index (χ3n) is 9.89. The number of nitrogens with zero attached hydrogens (tertiary/aromatic N) is 3. The van der Waals surface area contributed by atoms with Gasteiger partial charge in [-0.3, -0.25) is 4.57 Å². The Balaban J connectivity index is 1.25. The van der Waals surface area contributed by atoms with Crippen molar-refractivity contribution in [2.75, 3.05) is 25.1 Å². The fourth-order valence-corrected chi connectivity index (χ4v) is 8.45. The van der Waals surface area contributed by atoms with Crippen molar-refractivity contribution < 1.29 is 32.9 Å². The van der Waals surface area contributed by atoms with Crippen LogP contribution >= 0.6 is 11.6 Å². The van der Waals surface area contributed by atoms with Gasteiger partial charge in [0.15, 0.2) is 20.1 Å². The lowest BCUT2D eigenvalue weighted by atomic mass is 10.1. The van der Waals surface area contributed by atoms with E-state index in [-0.39, 0.29) is 41.9 Å². The molecule has 2 N–H and O–H groups in total. The number of imidazole rings is 1. The number of phenols is 1. The van der Waals surface area contributed by atoms with Crippen LogP contribution in [-0.4, -0.2) is 80.3 Å². The van der Waals surface area contributed by atoms with Crippen LogP contribution in [0.3, 0.4) is 0 Å². The first-order valence-corrected chi connectivity index (χ1v) is 23.5. The Morgan fingerprint density at radius 2 is 1.77 bits per heavy atom. The predicted molar refractivity (Wildman–Crippen MR) is 185 cm³/mol. The highest BCUT2D eigenvalue weighted by Crippen LogP contribution is 2.42. The first kappa shape index (κ1) is 34.6. The lowest BCUT2D eigenvalue weighted by Gasteiger charge is -2.39. The topological polar surface area (TPSA) is 109 Å². The third-order valence-corrected chi connectivity index (χ3v) is 16.4. The summed E-state index contributed by atoms with van der Waals surface area (Å²) in [6, 6.07) is 5.50. The number of nitrogens with one attached hydrogen (secondary N) is 1. The Labute approximate surface area is 283 Å². The second-order valence-electron chi connectivity index (χ2n) is 15.7. The molecule has 6 rings (SSSR count). The van der Waals surface area contributed by atoms with E-state index in [0.717, 1.165) is 17.7 Å². The molecule has 2 aliphatic heterocycles. The molecule has 3 aliphatic rings. The van der Waals surface area contributed by atoms with E-state index in [1.54, 1.807) is 12.1 Å². The van der Waals surface area contributed by atoms with Crippen LogP contribution in [0.4, 0.5) is 10.2 Å². The van der Waals surface area contributed by atoms with Gasteiger partial charge in [0.2, 0.25) is 0 Å². The summed E-state index contributed by atoms with van der Waals surface area (Å²) in [5.41, 5.74) is 2.38. The number of rotatable bonds is 11. The Bertz CT molecular complexity index is 1630. The Morgan fingerprint density at radius 1 is 1.06 bits per heavy atom. The van der Waals surface area contributed by atoms with Crippen LogP contribution in [0.25, 0.3) is 11.2 Å². The molecule has 2 fully saturated rings. The van der Waals surface area contributed by atoms with Crippen molar-refractivity contribution >= 4 is 45.0 Å². The lowest BCUT2D eigenvalue weighted by molar-refractivity contribution is 0.00687. The normalized spacial score (nSPS) is 24.6. The second-order valence-corrected chi connectivity index (χ2v) is 26.5. The first-order chi connectivity index (χ1) is 22.0. The first-order valence-electron chi connectivity index (χ1n) is 16.5. The van der Waals surface area contributed by atoms with Crippen molar-refractivity contribution in [3.8, 4) is 11.8 Å². The van der Waals surface area contributed by atoms with E-state index < -0.39 is 28.3 Å². The van der Waals surface area contributed by atoms with E-state index >= 15 is 0 Å². The summed E-state index contributed by atoms with van der Waals surface area (Å²) in [7, 11) is -3.34. The van der Waals surface area contributed by atoms with Gasteiger partial charge in [0.1, 0.15) is 41.8 Å². The zero-order chi connectivity index (χ0) is 33.9. The number of hydrogen-bond acceptors (Lipinski definition) is 9. The van der Waals surface area contributed by atoms with Gasteiger partial charge >= 0.3 is 6.01 Å². The van der Waals surface area contributed by atoms with Crippen LogP contribution in [0.5, 0.6) is 11.8 Å². The van der Waals surface area contributed by atoms with Gasteiger partial charge in [-0.2, -0.15) is 4.98 Å². The zero-order valence-corrected chi connectivity index (χ0v) is 31.4. The molecular formula is C33H48ClFN4O6Si2. The third kappa shape index (κ3) is 7.22. The number of ether oxygens (including phenoxy) is 4. The number of fused-ring (bicyclic) bond motifs is 3. The monoisotopic (exact) mass is 706 g/mol. The molecule has 0 spiro atoms. The summed E-state index contributed by atoms with van der Waals surface area (Å²) >= 11 is 6.73. The van der Waals surface area contributed by atoms with Crippen LogP contribution in [0.15, 0.2) is 18.2 Å². The molecule has 14 heteroatoms. The summed E-state index contributed by atoms with van der Waals surface area (Å²) in [5.74, 6) is -0.120. The summed E-state index contributed by atoms with van der Waals surface area (Å²) in [6.45, 7) is 19.7. The molecule has 0 amide bonds.